The van der Waals surface area contributed by atoms with Gasteiger partial charge in [0.1, 0.15) is 16.7 Å². The summed E-state index contributed by atoms with van der Waals surface area (Å²) in [6.07, 6.45) is 0.657. The normalized spacial score (nSPS) is 18.6. The molecule has 200 valence electrons. The summed E-state index contributed by atoms with van der Waals surface area (Å²) >= 11 is 1.28. The third-order valence-corrected chi connectivity index (χ3v) is 7.93. The second kappa shape index (κ2) is 11.3. The van der Waals surface area contributed by atoms with Gasteiger partial charge in [0.15, 0.2) is 5.17 Å². The Morgan fingerprint density at radius 1 is 1.00 bits per heavy atom. The number of hydrogen-bond acceptors (Lipinski definition) is 7. The number of aryl methyl sites for hydroxylation is 2. The number of nitrogens with zero attached hydrogens (tertiary/aromatic N) is 3. The molecular weight excluding hydrogens is 512 g/mol. The van der Waals surface area contributed by atoms with E-state index < -0.39 is 5.25 Å². The number of benzene rings is 3. The fourth-order valence-corrected chi connectivity index (χ4v) is 5.72. The van der Waals surface area contributed by atoms with Crippen LogP contribution in [0.3, 0.4) is 0 Å². The summed E-state index contributed by atoms with van der Waals surface area (Å²) < 4.78 is 10.6. The molecule has 0 radical (unpaired) electrons. The summed E-state index contributed by atoms with van der Waals surface area (Å²) in [5, 5.41) is 9.54. The number of hydrogen-bond donors (Lipinski definition) is 1. The lowest BCUT2D eigenvalue weighted by Crippen LogP contribution is -2.25. The Morgan fingerprint density at radius 2 is 1.67 bits per heavy atom. The van der Waals surface area contributed by atoms with Gasteiger partial charge in [-0.1, -0.05) is 41.6 Å². The van der Waals surface area contributed by atoms with Gasteiger partial charge in [-0.25, -0.2) is 5.01 Å². The van der Waals surface area contributed by atoms with Crippen LogP contribution >= 0.6 is 11.8 Å². The van der Waals surface area contributed by atoms with E-state index in [0.717, 1.165) is 45.2 Å². The number of rotatable bonds is 7. The summed E-state index contributed by atoms with van der Waals surface area (Å²) in [5.74, 6) is 0.980. The van der Waals surface area contributed by atoms with Crippen molar-refractivity contribution in [2.75, 3.05) is 19.5 Å². The first-order chi connectivity index (χ1) is 18.8. The Morgan fingerprint density at radius 3 is 2.31 bits per heavy atom. The predicted octanol–water partition coefficient (Wildman–Crippen LogP) is 5.50. The molecule has 0 aliphatic carbocycles. The van der Waals surface area contributed by atoms with E-state index in [1.807, 2.05) is 85.6 Å². The Hall–Kier alpha value is -4.11. The molecule has 3 aromatic rings. The lowest BCUT2D eigenvalue weighted by atomic mass is 9.98. The van der Waals surface area contributed by atoms with Gasteiger partial charge in [-0.15, -0.1) is 0 Å². The van der Waals surface area contributed by atoms with Crippen LogP contribution in [0.2, 0.25) is 0 Å². The molecule has 0 bridgehead atoms. The van der Waals surface area contributed by atoms with Gasteiger partial charge in [0.05, 0.1) is 26.0 Å². The van der Waals surface area contributed by atoms with Gasteiger partial charge in [0.2, 0.25) is 5.91 Å². The second-order valence-electron chi connectivity index (χ2n) is 9.52. The van der Waals surface area contributed by atoms with E-state index in [9.17, 15) is 9.59 Å². The van der Waals surface area contributed by atoms with Crippen LogP contribution in [-0.4, -0.2) is 47.2 Å². The van der Waals surface area contributed by atoms with Crippen LogP contribution in [0.15, 0.2) is 76.8 Å². The number of anilines is 1. The number of carbonyl (C=O) groups is 2. The van der Waals surface area contributed by atoms with Gasteiger partial charge in [0, 0.05) is 18.5 Å². The molecule has 2 heterocycles. The lowest BCUT2D eigenvalue weighted by molar-refractivity contribution is -0.121. The average molecular weight is 543 g/mol. The molecule has 2 atom stereocenters. The maximum atomic E-state index is 12.9. The molecule has 8 nitrogen and oxygen atoms in total. The molecule has 0 saturated heterocycles. The van der Waals surface area contributed by atoms with Crippen molar-refractivity contribution in [1.82, 2.24) is 5.01 Å². The van der Waals surface area contributed by atoms with Crippen LogP contribution in [0.1, 0.15) is 41.1 Å². The number of amidine groups is 1. The first-order valence-corrected chi connectivity index (χ1v) is 13.5. The van der Waals surface area contributed by atoms with Gasteiger partial charge in [0.25, 0.3) is 5.91 Å². The van der Waals surface area contributed by atoms with E-state index in [1.165, 1.54) is 11.8 Å². The van der Waals surface area contributed by atoms with Crippen molar-refractivity contribution < 1.29 is 19.1 Å². The number of nitrogens with one attached hydrogen (secondary N) is 1. The van der Waals surface area contributed by atoms with Crippen LogP contribution in [0.25, 0.3) is 0 Å². The molecule has 1 N–H and O–H groups in total. The quantitative estimate of drug-likeness (QED) is 0.424. The third kappa shape index (κ3) is 5.83. The highest BCUT2D eigenvalue weighted by atomic mass is 32.2. The first-order valence-electron chi connectivity index (χ1n) is 12.7. The zero-order valence-corrected chi connectivity index (χ0v) is 23.1. The minimum atomic E-state index is -0.609. The molecule has 0 aromatic heterocycles. The summed E-state index contributed by atoms with van der Waals surface area (Å²) in [6.45, 7) is 3.95. The molecule has 9 heteroatoms. The van der Waals surface area contributed by atoms with Crippen molar-refractivity contribution in [2.24, 2.45) is 10.1 Å². The molecule has 0 spiro atoms. The number of aliphatic imine (C=N–C) groups is 1. The fourth-order valence-electron chi connectivity index (χ4n) is 4.66. The second-order valence-corrected chi connectivity index (χ2v) is 10.7. The topological polar surface area (TPSA) is 92.6 Å². The molecular formula is C30H30N4O4S. The highest BCUT2D eigenvalue weighted by molar-refractivity contribution is 8.15. The SMILES string of the molecule is COc1ccc(C2=NN(C3=NC(=O)[C@@H](CC(=O)Nc4ccc(C)cc4C)S3)[C@H](c3ccc(OC)cc3)C2)cc1. The van der Waals surface area contributed by atoms with E-state index in [0.29, 0.717) is 11.6 Å². The largest absolute Gasteiger partial charge is 0.497 e. The lowest BCUT2D eigenvalue weighted by Gasteiger charge is -2.23. The van der Waals surface area contributed by atoms with Crippen LogP contribution < -0.4 is 14.8 Å². The Labute approximate surface area is 232 Å². The van der Waals surface area contributed by atoms with Gasteiger partial charge in [-0.2, -0.15) is 10.1 Å². The van der Waals surface area contributed by atoms with Crippen molar-refractivity contribution in [2.45, 2.75) is 38.0 Å². The van der Waals surface area contributed by atoms with Gasteiger partial charge < -0.3 is 14.8 Å². The number of hydrazone groups is 1. The molecule has 2 aliphatic rings. The number of methoxy groups -OCH3 is 2. The van der Waals surface area contributed by atoms with Crippen LogP contribution in [-0.2, 0) is 9.59 Å². The Balaban J connectivity index is 1.35. The van der Waals surface area contributed by atoms with Gasteiger partial charge >= 0.3 is 0 Å². The number of amides is 2. The molecule has 0 saturated carbocycles. The average Bonchev–Trinajstić information content (AvgIpc) is 3.54. The number of carbonyl (C=O) groups excluding carboxylic acids is 2. The zero-order valence-electron chi connectivity index (χ0n) is 22.3. The number of thioether (sulfide) groups is 1. The highest BCUT2D eigenvalue weighted by Crippen LogP contribution is 2.39. The zero-order chi connectivity index (χ0) is 27.5. The third-order valence-electron chi connectivity index (χ3n) is 6.79. The monoisotopic (exact) mass is 542 g/mol. The minimum absolute atomic E-state index is 0.0277. The van der Waals surface area contributed by atoms with Crippen molar-refractivity contribution >= 4 is 40.1 Å². The molecule has 2 aliphatic heterocycles. The number of ether oxygens (including phenoxy) is 2. The molecule has 3 aromatic carbocycles. The molecule has 39 heavy (non-hydrogen) atoms. The maximum Gasteiger partial charge on any atom is 0.262 e. The van der Waals surface area contributed by atoms with Crippen molar-refractivity contribution in [3.8, 4) is 11.5 Å². The highest BCUT2D eigenvalue weighted by Gasteiger charge is 2.39. The van der Waals surface area contributed by atoms with Crippen molar-refractivity contribution in [3.63, 3.8) is 0 Å². The summed E-state index contributed by atoms with van der Waals surface area (Å²) in [4.78, 5) is 30.1. The van der Waals surface area contributed by atoms with E-state index >= 15 is 0 Å². The maximum absolute atomic E-state index is 12.9. The predicted molar refractivity (Wildman–Crippen MR) is 155 cm³/mol. The Kier molecular flexibility index (Phi) is 7.70. The summed E-state index contributed by atoms with van der Waals surface area (Å²) in [5.41, 5.74) is 5.72. The molecule has 2 amide bonds. The van der Waals surface area contributed by atoms with Crippen LogP contribution in [0.4, 0.5) is 5.69 Å². The molecule has 5 rings (SSSR count). The minimum Gasteiger partial charge on any atom is -0.497 e. The van der Waals surface area contributed by atoms with Gasteiger partial charge in [-0.05, 0) is 73.0 Å². The van der Waals surface area contributed by atoms with Crippen molar-refractivity contribution in [1.29, 1.82) is 0 Å². The van der Waals surface area contributed by atoms with E-state index in [2.05, 4.69) is 10.3 Å². The first kappa shape index (κ1) is 26.5. The smallest absolute Gasteiger partial charge is 0.262 e. The fraction of sp³-hybridized carbons (Fsp3) is 0.267. The van der Waals surface area contributed by atoms with Gasteiger partial charge in [-0.3, -0.25) is 9.59 Å². The Bertz CT molecular complexity index is 1450. The van der Waals surface area contributed by atoms with Crippen LogP contribution in [0, 0.1) is 13.8 Å². The van der Waals surface area contributed by atoms with E-state index in [-0.39, 0.29) is 24.3 Å². The van der Waals surface area contributed by atoms with Crippen LogP contribution in [0.5, 0.6) is 11.5 Å². The summed E-state index contributed by atoms with van der Waals surface area (Å²) in [6, 6.07) is 21.3. The molecule has 0 fully saturated rings. The van der Waals surface area contributed by atoms with Crippen molar-refractivity contribution in [3.05, 3.63) is 89.0 Å². The molecule has 0 unspecified atom stereocenters. The standard InChI is InChI=1S/C30H30N4O4S/c1-18-5-14-24(19(2)15-18)31-28(35)17-27-29(36)32-30(39-27)34-26(21-8-12-23(38-4)13-9-21)16-25(33-34)20-6-10-22(37-3)11-7-20/h5-15,26-27H,16-17H2,1-4H3,(H,31,35)/t26-,27+/m0/s1. The van der Waals surface area contributed by atoms with E-state index in [4.69, 9.17) is 14.6 Å². The summed E-state index contributed by atoms with van der Waals surface area (Å²) in [7, 11) is 3.27. The van der Waals surface area contributed by atoms with E-state index in [1.54, 1.807) is 14.2 Å².